The zero-order valence-electron chi connectivity index (χ0n) is 11.3. The van der Waals surface area contributed by atoms with Gasteiger partial charge in [-0.05, 0) is 77.2 Å². The summed E-state index contributed by atoms with van der Waals surface area (Å²) in [6.07, 6.45) is 6.69. The van der Waals surface area contributed by atoms with Gasteiger partial charge in [-0.3, -0.25) is 0 Å². The number of hydrogen-bond donors (Lipinski definition) is 1. The van der Waals surface area contributed by atoms with E-state index in [1.807, 2.05) is 0 Å². The lowest BCUT2D eigenvalue weighted by molar-refractivity contribution is 0.121. The molecule has 0 aromatic carbocycles. The van der Waals surface area contributed by atoms with E-state index >= 15 is 0 Å². The third kappa shape index (κ3) is 5.84. The van der Waals surface area contributed by atoms with Gasteiger partial charge in [-0.1, -0.05) is 0 Å². The van der Waals surface area contributed by atoms with Gasteiger partial charge in [-0.25, -0.2) is 0 Å². The van der Waals surface area contributed by atoms with E-state index in [4.69, 9.17) is 4.74 Å². The van der Waals surface area contributed by atoms with Crippen LogP contribution in [0.15, 0.2) is 0 Å². The minimum absolute atomic E-state index is 0.901. The molecule has 1 N–H and O–H groups in total. The molecule has 2 rings (SSSR count). The van der Waals surface area contributed by atoms with Crippen LogP contribution in [0, 0.1) is 11.8 Å². The van der Waals surface area contributed by atoms with Gasteiger partial charge in [-0.2, -0.15) is 0 Å². The van der Waals surface area contributed by atoms with Crippen molar-refractivity contribution in [3.63, 3.8) is 0 Å². The second-order valence-electron chi connectivity index (χ2n) is 5.82. The summed E-state index contributed by atoms with van der Waals surface area (Å²) >= 11 is 0. The topological polar surface area (TPSA) is 24.5 Å². The second kappa shape index (κ2) is 7.34. The molecule has 1 saturated heterocycles. The van der Waals surface area contributed by atoms with Gasteiger partial charge in [0, 0.05) is 13.2 Å². The van der Waals surface area contributed by atoms with Crippen molar-refractivity contribution in [2.24, 2.45) is 11.8 Å². The molecule has 0 aromatic heterocycles. The van der Waals surface area contributed by atoms with Crippen LogP contribution in [0.2, 0.25) is 0 Å². The Morgan fingerprint density at radius 3 is 2.59 bits per heavy atom. The quantitative estimate of drug-likeness (QED) is 0.654. The Labute approximate surface area is 106 Å². The molecular formula is C14H28N2O. The predicted octanol–water partition coefficient (Wildman–Crippen LogP) is 1.73. The molecule has 3 heteroatoms. The minimum Gasteiger partial charge on any atom is -0.381 e. The zero-order chi connectivity index (χ0) is 11.9. The fraction of sp³-hybridized carbons (Fsp3) is 1.00. The smallest absolute Gasteiger partial charge is 0.0494 e. The van der Waals surface area contributed by atoms with Crippen molar-refractivity contribution in [3.8, 4) is 0 Å². The SMILES string of the molecule is CN1CCC(CNCCCOCC2CC2)CC1. The molecule has 0 amide bonds. The Bertz CT molecular complexity index is 198. The van der Waals surface area contributed by atoms with Crippen LogP contribution in [0.25, 0.3) is 0 Å². The van der Waals surface area contributed by atoms with Crippen LogP contribution in [-0.2, 0) is 4.74 Å². The van der Waals surface area contributed by atoms with Gasteiger partial charge in [-0.15, -0.1) is 0 Å². The first-order valence-electron chi connectivity index (χ1n) is 7.31. The summed E-state index contributed by atoms with van der Waals surface area (Å²) in [5.41, 5.74) is 0. The van der Waals surface area contributed by atoms with Crippen molar-refractivity contribution in [1.82, 2.24) is 10.2 Å². The second-order valence-corrected chi connectivity index (χ2v) is 5.82. The molecule has 0 atom stereocenters. The lowest BCUT2D eigenvalue weighted by Crippen LogP contribution is -2.35. The number of nitrogens with zero attached hydrogens (tertiary/aromatic N) is 1. The highest BCUT2D eigenvalue weighted by Gasteiger charge is 2.20. The largest absolute Gasteiger partial charge is 0.381 e. The summed E-state index contributed by atoms with van der Waals surface area (Å²) in [6, 6.07) is 0. The maximum absolute atomic E-state index is 5.62. The lowest BCUT2D eigenvalue weighted by atomic mass is 9.97. The maximum atomic E-state index is 5.62. The lowest BCUT2D eigenvalue weighted by Gasteiger charge is -2.29. The predicted molar refractivity (Wildman–Crippen MR) is 71.3 cm³/mol. The molecule has 0 aromatic rings. The molecular weight excluding hydrogens is 212 g/mol. The van der Waals surface area contributed by atoms with Crippen LogP contribution < -0.4 is 5.32 Å². The first-order valence-corrected chi connectivity index (χ1v) is 7.31. The minimum atomic E-state index is 0.901. The summed E-state index contributed by atoms with van der Waals surface area (Å²) in [5, 5.41) is 3.58. The number of hydrogen-bond acceptors (Lipinski definition) is 3. The van der Waals surface area contributed by atoms with E-state index in [2.05, 4.69) is 17.3 Å². The van der Waals surface area contributed by atoms with Crippen LogP contribution >= 0.6 is 0 Å². The van der Waals surface area contributed by atoms with Crippen LogP contribution in [0.1, 0.15) is 32.1 Å². The average molecular weight is 240 g/mol. The Balaban J connectivity index is 1.35. The standard InChI is InChI=1S/C14H28N2O/c1-16-8-5-13(6-9-16)11-15-7-2-10-17-12-14-3-4-14/h13-15H,2-12H2,1H3. The monoisotopic (exact) mass is 240 g/mol. The van der Waals surface area contributed by atoms with Crippen molar-refractivity contribution in [3.05, 3.63) is 0 Å². The first kappa shape index (κ1) is 13.3. The number of nitrogens with one attached hydrogen (secondary N) is 1. The number of ether oxygens (including phenoxy) is 1. The van der Waals surface area contributed by atoms with Gasteiger partial charge in [0.15, 0.2) is 0 Å². The normalized spacial score (nSPS) is 23.1. The van der Waals surface area contributed by atoms with Crippen LogP contribution in [-0.4, -0.2) is 51.3 Å². The summed E-state index contributed by atoms with van der Waals surface area (Å²) in [5.74, 6) is 1.81. The van der Waals surface area contributed by atoms with E-state index in [1.165, 1.54) is 51.7 Å². The Morgan fingerprint density at radius 1 is 1.12 bits per heavy atom. The summed E-state index contributed by atoms with van der Waals surface area (Å²) < 4.78 is 5.62. The molecule has 3 nitrogen and oxygen atoms in total. The molecule has 0 unspecified atom stereocenters. The molecule has 1 heterocycles. The summed E-state index contributed by atoms with van der Waals surface area (Å²) in [7, 11) is 2.22. The molecule has 0 radical (unpaired) electrons. The van der Waals surface area contributed by atoms with E-state index < -0.39 is 0 Å². The molecule has 0 bridgehead atoms. The highest BCUT2D eigenvalue weighted by atomic mass is 16.5. The number of likely N-dealkylation sites (tertiary alicyclic amines) is 1. The van der Waals surface area contributed by atoms with Gasteiger partial charge < -0.3 is 15.0 Å². The van der Waals surface area contributed by atoms with Gasteiger partial charge >= 0.3 is 0 Å². The highest BCUT2D eigenvalue weighted by molar-refractivity contribution is 4.72. The zero-order valence-corrected chi connectivity index (χ0v) is 11.3. The van der Waals surface area contributed by atoms with Crippen LogP contribution in [0.5, 0.6) is 0 Å². The average Bonchev–Trinajstić information content (AvgIpc) is 3.14. The molecule has 1 aliphatic carbocycles. The maximum Gasteiger partial charge on any atom is 0.0494 e. The molecule has 17 heavy (non-hydrogen) atoms. The van der Waals surface area contributed by atoms with Crippen molar-refractivity contribution < 1.29 is 4.74 Å². The molecule has 2 aliphatic rings. The first-order chi connectivity index (χ1) is 8.34. The van der Waals surface area contributed by atoms with Crippen molar-refractivity contribution in [2.75, 3.05) is 46.4 Å². The van der Waals surface area contributed by atoms with Gasteiger partial charge in [0.05, 0.1) is 0 Å². The number of piperidine rings is 1. The van der Waals surface area contributed by atoms with Crippen LogP contribution in [0.3, 0.4) is 0 Å². The van der Waals surface area contributed by atoms with Crippen molar-refractivity contribution >= 4 is 0 Å². The fourth-order valence-electron chi connectivity index (χ4n) is 2.41. The fourth-order valence-corrected chi connectivity index (χ4v) is 2.41. The molecule has 0 spiro atoms. The Hall–Kier alpha value is -0.120. The van der Waals surface area contributed by atoms with Gasteiger partial charge in [0.1, 0.15) is 0 Å². The third-order valence-corrected chi connectivity index (χ3v) is 3.96. The van der Waals surface area contributed by atoms with Crippen LogP contribution in [0.4, 0.5) is 0 Å². The van der Waals surface area contributed by atoms with E-state index in [1.54, 1.807) is 0 Å². The Kier molecular flexibility index (Phi) is 5.75. The Morgan fingerprint density at radius 2 is 1.88 bits per heavy atom. The van der Waals surface area contributed by atoms with Crippen molar-refractivity contribution in [1.29, 1.82) is 0 Å². The van der Waals surface area contributed by atoms with Gasteiger partial charge in [0.2, 0.25) is 0 Å². The summed E-state index contributed by atoms with van der Waals surface area (Å²) in [6.45, 7) is 6.83. The van der Waals surface area contributed by atoms with E-state index in [-0.39, 0.29) is 0 Å². The van der Waals surface area contributed by atoms with E-state index in [0.29, 0.717) is 0 Å². The highest BCUT2D eigenvalue weighted by Crippen LogP contribution is 2.28. The van der Waals surface area contributed by atoms with Gasteiger partial charge in [0.25, 0.3) is 0 Å². The molecule has 100 valence electrons. The molecule has 1 saturated carbocycles. The van der Waals surface area contributed by atoms with E-state index in [0.717, 1.165) is 31.6 Å². The molecule has 1 aliphatic heterocycles. The summed E-state index contributed by atoms with van der Waals surface area (Å²) in [4.78, 5) is 2.43. The number of rotatable bonds is 8. The third-order valence-electron chi connectivity index (χ3n) is 3.96. The van der Waals surface area contributed by atoms with Crippen molar-refractivity contribution in [2.45, 2.75) is 32.1 Å². The van der Waals surface area contributed by atoms with E-state index in [9.17, 15) is 0 Å². The molecule has 2 fully saturated rings.